The maximum absolute atomic E-state index is 10.5. The Hall–Kier alpha value is -2.04. The molecule has 0 fully saturated rings. The van der Waals surface area contributed by atoms with Gasteiger partial charge in [-0.3, -0.25) is 9.89 Å². The van der Waals surface area contributed by atoms with E-state index in [0.717, 1.165) is 16.6 Å². The van der Waals surface area contributed by atoms with Crippen LogP contribution in [-0.2, 0) is 4.79 Å². The van der Waals surface area contributed by atoms with E-state index in [4.69, 9.17) is 5.11 Å². The first-order valence-corrected chi connectivity index (χ1v) is 4.53. The number of hydrogen-bond acceptors (Lipinski definition) is 3. The largest absolute Gasteiger partial charge is 0.480 e. The van der Waals surface area contributed by atoms with E-state index >= 15 is 0 Å². The average Bonchev–Trinajstić information content (AvgIpc) is 2.62. The molecule has 5 heteroatoms. The number of likely N-dealkylation sites (N-methyl/N-ethyl adjacent to an activating group) is 1. The number of H-pyrrole nitrogens is 1. The van der Waals surface area contributed by atoms with Crippen molar-refractivity contribution in [2.24, 2.45) is 0 Å². The normalized spacial score (nSPS) is 10.5. The summed E-state index contributed by atoms with van der Waals surface area (Å²) in [5, 5.41) is 16.4. The Morgan fingerprint density at radius 1 is 1.60 bits per heavy atom. The van der Waals surface area contributed by atoms with Crippen LogP contribution in [-0.4, -0.2) is 34.9 Å². The molecule has 1 heterocycles. The van der Waals surface area contributed by atoms with Crippen molar-refractivity contribution in [2.75, 3.05) is 18.5 Å². The van der Waals surface area contributed by atoms with Gasteiger partial charge in [-0.2, -0.15) is 5.10 Å². The molecule has 0 aliphatic carbocycles. The van der Waals surface area contributed by atoms with Gasteiger partial charge in [0.15, 0.2) is 0 Å². The molecule has 0 saturated heterocycles. The summed E-state index contributed by atoms with van der Waals surface area (Å²) in [5.74, 6) is -0.843. The lowest BCUT2D eigenvalue weighted by molar-refractivity contribution is -0.135. The molecule has 0 aliphatic heterocycles. The zero-order valence-electron chi connectivity index (χ0n) is 8.27. The highest BCUT2D eigenvalue weighted by molar-refractivity contribution is 5.83. The van der Waals surface area contributed by atoms with E-state index in [2.05, 4.69) is 10.2 Å². The third-order valence-corrected chi connectivity index (χ3v) is 2.24. The smallest absolute Gasteiger partial charge is 0.323 e. The highest BCUT2D eigenvalue weighted by Gasteiger charge is 2.06. The number of carboxylic acids is 1. The zero-order valence-corrected chi connectivity index (χ0v) is 8.27. The number of nitrogens with zero attached hydrogens (tertiary/aromatic N) is 2. The van der Waals surface area contributed by atoms with E-state index in [-0.39, 0.29) is 6.54 Å². The van der Waals surface area contributed by atoms with Gasteiger partial charge >= 0.3 is 5.97 Å². The first-order valence-electron chi connectivity index (χ1n) is 4.53. The summed E-state index contributed by atoms with van der Waals surface area (Å²) in [6.45, 7) is -0.0106. The van der Waals surface area contributed by atoms with Crippen molar-refractivity contribution in [1.82, 2.24) is 10.2 Å². The fourth-order valence-electron chi connectivity index (χ4n) is 1.46. The molecule has 2 rings (SSSR count). The van der Waals surface area contributed by atoms with Crippen LogP contribution in [0.3, 0.4) is 0 Å². The summed E-state index contributed by atoms with van der Waals surface area (Å²) in [6.07, 6.45) is 1.72. The quantitative estimate of drug-likeness (QED) is 0.786. The maximum atomic E-state index is 10.5. The minimum absolute atomic E-state index is 0.0106. The zero-order chi connectivity index (χ0) is 10.8. The Balaban J connectivity index is 2.30. The molecule has 0 radical (unpaired) electrons. The second-order valence-electron chi connectivity index (χ2n) is 3.39. The molecule has 1 aromatic heterocycles. The van der Waals surface area contributed by atoms with Crippen molar-refractivity contribution < 1.29 is 9.90 Å². The van der Waals surface area contributed by atoms with Gasteiger partial charge in [0, 0.05) is 18.1 Å². The van der Waals surface area contributed by atoms with Crippen molar-refractivity contribution in [3.8, 4) is 0 Å². The molecular formula is C10H11N3O2. The van der Waals surface area contributed by atoms with Gasteiger partial charge in [0.25, 0.3) is 0 Å². The first-order chi connectivity index (χ1) is 7.16. The van der Waals surface area contributed by atoms with Crippen LogP contribution >= 0.6 is 0 Å². The van der Waals surface area contributed by atoms with Gasteiger partial charge in [0.2, 0.25) is 0 Å². The predicted octanol–water partition coefficient (Wildman–Crippen LogP) is 1.08. The van der Waals surface area contributed by atoms with Crippen LogP contribution < -0.4 is 4.90 Å². The summed E-state index contributed by atoms with van der Waals surface area (Å²) < 4.78 is 0. The molecule has 0 saturated carbocycles. The fourth-order valence-corrected chi connectivity index (χ4v) is 1.46. The van der Waals surface area contributed by atoms with E-state index in [1.165, 1.54) is 0 Å². The van der Waals surface area contributed by atoms with E-state index in [1.807, 2.05) is 18.2 Å². The number of anilines is 1. The number of aromatic amines is 1. The SMILES string of the molecule is CN(CC(=O)O)c1ccc2[nH]ncc2c1. The Morgan fingerprint density at radius 2 is 2.40 bits per heavy atom. The third kappa shape index (κ3) is 1.90. The van der Waals surface area contributed by atoms with Crippen LogP contribution in [0.4, 0.5) is 5.69 Å². The Morgan fingerprint density at radius 3 is 3.13 bits per heavy atom. The lowest BCUT2D eigenvalue weighted by Crippen LogP contribution is -2.24. The van der Waals surface area contributed by atoms with E-state index < -0.39 is 5.97 Å². The molecule has 0 aliphatic rings. The summed E-state index contributed by atoms with van der Waals surface area (Å²) in [7, 11) is 1.75. The number of carbonyl (C=O) groups is 1. The molecule has 0 unspecified atom stereocenters. The molecule has 0 atom stereocenters. The van der Waals surface area contributed by atoms with Crippen LogP contribution in [0.25, 0.3) is 10.9 Å². The molecule has 5 nitrogen and oxygen atoms in total. The molecule has 0 amide bonds. The molecule has 15 heavy (non-hydrogen) atoms. The van der Waals surface area contributed by atoms with Gasteiger partial charge in [-0.1, -0.05) is 0 Å². The van der Waals surface area contributed by atoms with Crippen molar-refractivity contribution in [1.29, 1.82) is 0 Å². The number of nitrogens with one attached hydrogen (secondary N) is 1. The number of rotatable bonds is 3. The van der Waals surface area contributed by atoms with Crippen LogP contribution in [0.5, 0.6) is 0 Å². The third-order valence-electron chi connectivity index (χ3n) is 2.24. The van der Waals surface area contributed by atoms with E-state index in [9.17, 15) is 4.79 Å². The topological polar surface area (TPSA) is 69.2 Å². The molecule has 0 bridgehead atoms. The predicted molar refractivity (Wildman–Crippen MR) is 57.0 cm³/mol. The van der Waals surface area contributed by atoms with Gasteiger partial charge < -0.3 is 10.0 Å². The minimum Gasteiger partial charge on any atom is -0.480 e. The molecule has 1 aromatic carbocycles. The highest BCUT2D eigenvalue weighted by Crippen LogP contribution is 2.19. The second-order valence-corrected chi connectivity index (χ2v) is 3.39. The minimum atomic E-state index is -0.843. The maximum Gasteiger partial charge on any atom is 0.323 e. The number of benzene rings is 1. The van der Waals surface area contributed by atoms with Gasteiger partial charge in [-0.05, 0) is 18.2 Å². The number of aliphatic carboxylic acids is 1. The van der Waals surface area contributed by atoms with E-state index in [1.54, 1.807) is 18.1 Å². The summed E-state index contributed by atoms with van der Waals surface area (Å²) in [5.41, 5.74) is 1.81. The average molecular weight is 205 g/mol. The Labute approximate surface area is 86.3 Å². The monoisotopic (exact) mass is 205 g/mol. The standard InChI is InChI=1S/C10H11N3O2/c1-13(6-10(14)15)8-2-3-9-7(4-8)5-11-12-9/h2-5H,6H2,1H3,(H,11,12)(H,14,15). The number of fused-ring (bicyclic) bond motifs is 1. The van der Waals surface area contributed by atoms with E-state index in [0.29, 0.717) is 0 Å². The summed E-state index contributed by atoms with van der Waals surface area (Å²) in [6, 6.07) is 5.65. The summed E-state index contributed by atoms with van der Waals surface area (Å²) >= 11 is 0. The fraction of sp³-hybridized carbons (Fsp3) is 0.200. The van der Waals surface area contributed by atoms with Gasteiger partial charge in [0.1, 0.15) is 6.54 Å². The van der Waals surface area contributed by atoms with Crippen molar-refractivity contribution in [3.63, 3.8) is 0 Å². The lowest BCUT2D eigenvalue weighted by Gasteiger charge is -2.16. The van der Waals surface area contributed by atoms with Gasteiger partial charge in [0.05, 0.1) is 11.7 Å². The molecule has 0 spiro atoms. The second kappa shape index (κ2) is 3.61. The van der Waals surface area contributed by atoms with Crippen LogP contribution in [0.15, 0.2) is 24.4 Å². The Bertz CT molecular complexity index is 492. The van der Waals surface area contributed by atoms with Crippen LogP contribution in [0.2, 0.25) is 0 Å². The highest BCUT2D eigenvalue weighted by atomic mass is 16.4. The molecular weight excluding hydrogens is 194 g/mol. The Kier molecular flexibility index (Phi) is 2.29. The molecule has 2 aromatic rings. The van der Waals surface area contributed by atoms with Gasteiger partial charge in [-0.15, -0.1) is 0 Å². The van der Waals surface area contributed by atoms with Crippen molar-refractivity contribution in [2.45, 2.75) is 0 Å². The van der Waals surface area contributed by atoms with Gasteiger partial charge in [-0.25, -0.2) is 0 Å². The molecule has 2 N–H and O–H groups in total. The van der Waals surface area contributed by atoms with Crippen molar-refractivity contribution in [3.05, 3.63) is 24.4 Å². The van der Waals surface area contributed by atoms with Crippen LogP contribution in [0.1, 0.15) is 0 Å². The van der Waals surface area contributed by atoms with Crippen molar-refractivity contribution >= 4 is 22.6 Å². The number of aromatic nitrogens is 2. The van der Waals surface area contributed by atoms with Crippen LogP contribution in [0, 0.1) is 0 Å². The molecule has 78 valence electrons. The number of carboxylic acid groups (broad SMARTS) is 1. The summed E-state index contributed by atoms with van der Waals surface area (Å²) in [4.78, 5) is 12.2. The lowest BCUT2D eigenvalue weighted by atomic mass is 10.2. The number of hydrogen-bond donors (Lipinski definition) is 2. The first kappa shape index (κ1) is 9.51.